The number of hydrogen-bond donors (Lipinski definition) is 0. The molecule has 1 aromatic rings. The Bertz CT molecular complexity index is 604. The molecule has 0 radical (unpaired) electrons. The van der Waals surface area contributed by atoms with Gasteiger partial charge in [0.25, 0.3) is 0 Å². The fraction of sp³-hybridized carbons (Fsp3) is 0.667. The van der Waals surface area contributed by atoms with Crippen molar-refractivity contribution < 1.29 is 13.2 Å². The standard InChI is InChI=1S/C18H30N2O3S/c1-15-6-8-18(9-7-15)14-24(21,22)19-12-16(2)20(17(3)13-19)10-5-11-23-4/h6-9,16-17H,5,10-14H2,1-4H3. The molecule has 1 saturated heterocycles. The zero-order valence-corrected chi connectivity index (χ0v) is 16.1. The monoisotopic (exact) mass is 354 g/mol. The maximum Gasteiger partial charge on any atom is 0.218 e. The van der Waals surface area contributed by atoms with Crippen LogP contribution in [0.2, 0.25) is 0 Å². The molecule has 1 aliphatic heterocycles. The molecule has 2 rings (SSSR count). The van der Waals surface area contributed by atoms with Crippen molar-refractivity contribution in [3.8, 4) is 0 Å². The third-order valence-corrected chi connectivity index (χ3v) is 6.48. The first-order valence-corrected chi connectivity index (χ1v) is 10.2. The molecule has 1 aliphatic rings. The third kappa shape index (κ3) is 5.02. The van der Waals surface area contributed by atoms with Gasteiger partial charge in [0.1, 0.15) is 0 Å². The van der Waals surface area contributed by atoms with Gasteiger partial charge in [-0.2, -0.15) is 4.31 Å². The minimum Gasteiger partial charge on any atom is -0.385 e. The minimum atomic E-state index is -3.28. The predicted octanol–water partition coefficient (Wildman–Crippen LogP) is 2.26. The summed E-state index contributed by atoms with van der Waals surface area (Å²) in [6.45, 7) is 9.03. The molecule has 24 heavy (non-hydrogen) atoms. The molecule has 6 heteroatoms. The van der Waals surface area contributed by atoms with Crippen molar-refractivity contribution in [1.29, 1.82) is 0 Å². The number of methoxy groups -OCH3 is 1. The largest absolute Gasteiger partial charge is 0.385 e. The summed E-state index contributed by atoms with van der Waals surface area (Å²) < 4.78 is 32.4. The van der Waals surface area contributed by atoms with E-state index in [1.54, 1.807) is 11.4 Å². The lowest BCUT2D eigenvalue weighted by Crippen LogP contribution is -2.58. The van der Waals surface area contributed by atoms with Crippen LogP contribution in [0.25, 0.3) is 0 Å². The van der Waals surface area contributed by atoms with Crippen LogP contribution in [-0.2, 0) is 20.5 Å². The van der Waals surface area contributed by atoms with Gasteiger partial charge in [0.05, 0.1) is 5.75 Å². The number of rotatable bonds is 7. The van der Waals surface area contributed by atoms with Gasteiger partial charge in [0, 0.05) is 45.4 Å². The Hall–Kier alpha value is -0.950. The summed E-state index contributed by atoms with van der Waals surface area (Å²) in [5, 5.41) is 0. The minimum absolute atomic E-state index is 0.0798. The Morgan fingerprint density at radius 2 is 1.71 bits per heavy atom. The van der Waals surface area contributed by atoms with Crippen molar-refractivity contribution in [3.05, 3.63) is 35.4 Å². The van der Waals surface area contributed by atoms with E-state index in [4.69, 9.17) is 4.74 Å². The van der Waals surface area contributed by atoms with Gasteiger partial charge in [0.2, 0.25) is 10.0 Å². The van der Waals surface area contributed by atoms with Crippen molar-refractivity contribution in [2.45, 2.75) is 45.0 Å². The summed E-state index contributed by atoms with van der Waals surface area (Å²) in [5.74, 6) is 0.0798. The highest BCUT2D eigenvalue weighted by Gasteiger charge is 2.34. The van der Waals surface area contributed by atoms with E-state index < -0.39 is 10.0 Å². The number of hydrogen-bond acceptors (Lipinski definition) is 4. The fourth-order valence-electron chi connectivity index (χ4n) is 3.35. The molecule has 0 saturated carbocycles. The second kappa shape index (κ2) is 8.43. The molecular formula is C18H30N2O3S. The van der Waals surface area contributed by atoms with Gasteiger partial charge in [-0.05, 0) is 32.8 Å². The summed E-state index contributed by atoms with van der Waals surface area (Å²) in [7, 11) is -1.57. The second-order valence-electron chi connectivity index (χ2n) is 6.84. The van der Waals surface area contributed by atoms with E-state index in [0.29, 0.717) is 13.1 Å². The van der Waals surface area contributed by atoms with E-state index in [1.807, 2.05) is 31.2 Å². The molecule has 0 N–H and O–H groups in total. The summed E-state index contributed by atoms with van der Waals surface area (Å²) in [4.78, 5) is 2.39. The van der Waals surface area contributed by atoms with E-state index in [0.717, 1.165) is 30.7 Å². The van der Waals surface area contributed by atoms with Crippen LogP contribution in [0.15, 0.2) is 24.3 Å². The molecule has 0 aliphatic carbocycles. The van der Waals surface area contributed by atoms with Crippen LogP contribution in [-0.4, -0.2) is 63.1 Å². The molecular weight excluding hydrogens is 324 g/mol. The van der Waals surface area contributed by atoms with Crippen molar-refractivity contribution in [1.82, 2.24) is 9.21 Å². The van der Waals surface area contributed by atoms with Crippen molar-refractivity contribution in [2.24, 2.45) is 0 Å². The number of sulfonamides is 1. The van der Waals surface area contributed by atoms with Gasteiger partial charge in [-0.15, -0.1) is 0 Å². The van der Waals surface area contributed by atoms with Crippen molar-refractivity contribution >= 4 is 10.0 Å². The second-order valence-corrected chi connectivity index (χ2v) is 8.81. The highest BCUT2D eigenvalue weighted by atomic mass is 32.2. The van der Waals surface area contributed by atoms with Gasteiger partial charge in [-0.3, -0.25) is 4.90 Å². The Morgan fingerprint density at radius 1 is 1.12 bits per heavy atom. The first-order chi connectivity index (χ1) is 11.3. The number of benzene rings is 1. The number of ether oxygens (including phenoxy) is 1. The first kappa shape index (κ1) is 19.4. The van der Waals surface area contributed by atoms with E-state index in [2.05, 4.69) is 18.7 Å². The SMILES string of the molecule is COCCCN1C(C)CN(S(=O)(=O)Cc2ccc(C)cc2)CC1C. The lowest BCUT2D eigenvalue weighted by atomic mass is 10.1. The lowest BCUT2D eigenvalue weighted by Gasteiger charge is -2.43. The molecule has 1 fully saturated rings. The molecule has 136 valence electrons. The third-order valence-electron chi connectivity index (χ3n) is 4.70. The molecule has 0 amide bonds. The predicted molar refractivity (Wildman–Crippen MR) is 97.5 cm³/mol. The molecule has 2 atom stereocenters. The summed E-state index contributed by atoms with van der Waals surface area (Å²) in [6.07, 6.45) is 0.974. The van der Waals surface area contributed by atoms with E-state index in [-0.39, 0.29) is 17.8 Å². The molecule has 5 nitrogen and oxygen atoms in total. The lowest BCUT2D eigenvalue weighted by molar-refractivity contribution is 0.0665. The molecule has 1 heterocycles. The summed E-state index contributed by atoms with van der Waals surface area (Å²) >= 11 is 0. The highest BCUT2D eigenvalue weighted by molar-refractivity contribution is 7.88. The molecule has 2 unspecified atom stereocenters. The summed E-state index contributed by atoms with van der Waals surface area (Å²) in [6, 6.07) is 8.17. The topological polar surface area (TPSA) is 49.9 Å². The summed E-state index contributed by atoms with van der Waals surface area (Å²) in [5.41, 5.74) is 1.99. The van der Waals surface area contributed by atoms with Crippen LogP contribution in [0.1, 0.15) is 31.4 Å². The molecule has 1 aromatic carbocycles. The average molecular weight is 355 g/mol. The Labute approximate surface area is 146 Å². The molecule has 0 bridgehead atoms. The maximum absolute atomic E-state index is 12.8. The van der Waals surface area contributed by atoms with Crippen molar-refractivity contribution in [3.63, 3.8) is 0 Å². The normalized spacial score (nSPS) is 23.5. The smallest absolute Gasteiger partial charge is 0.218 e. The van der Waals surface area contributed by atoms with E-state index >= 15 is 0 Å². The Kier molecular flexibility index (Phi) is 6.80. The van der Waals surface area contributed by atoms with E-state index in [1.165, 1.54) is 0 Å². The molecule has 0 spiro atoms. The van der Waals surface area contributed by atoms with Gasteiger partial charge in [-0.1, -0.05) is 29.8 Å². The quantitative estimate of drug-likeness (QED) is 0.705. The first-order valence-electron chi connectivity index (χ1n) is 8.61. The number of nitrogens with zero attached hydrogens (tertiary/aromatic N) is 2. The van der Waals surface area contributed by atoms with Crippen LogP contribution in [0.5, 0.6) is 0 Å². The van der Waals surface area contributed by atoms with Gasteiger partial charge in [-0.25, -0.2) is 8.42 Å². The number of aryl methyl sites for hydroxylation is 1. The van der Waals surface area contributed by atoms with Crippen LogP contribution in [0.3, 0.4) is 0 Å². The van der Waals surface area contributed by atoms with Gasteiger partial charge < -0.3 is 4.74 Å². The number of piperazine rings is 1. The van der Waals surface area contributed by atoms with Gasteiger partial charge >= 0.3 is 0 Å². The average Bonchev–Trinajstić information content (AvgIpc) is 2.52. The van der Waals surface area contributed by atoms with Crippen molar-refractivity contribution in [2.75, 3.05) is 33.4 Å². The van der Waals surface area contributed by atoms with E-state index in [9.17, 15) is 8.42 Å². The zero-order chi connectivity index (χ0) is 17.7. The van der Waals surface area contributed by atoms with Crippen LogP contribution < -0.4 is 0 Å². The van der Waals surface area contributed by atoms with Crippen LogP contribution in [0.4, 0.5) is 0 Å². The van der Waals surface area contributed by atoms with Crippen LogP contribution in [0, 0.1) is 6.92 Å². The molecule has 0 aromatic heterocycles. The Morgan fingerprint density at radius 3 is 2.25 bits per heavy atom. The zero-order valence-electron chi connectivity index (χ0n) is 15.2. The fourth-order valence-corrected chi connectivity index (χ4v) is 5.04. The maximum atomic E-state index is 12.8. The Balaban J connectivity index is 2.00. The highest BCUT2D eigenvalue weighted by Crippen LogP contribution is 2.21. The van der Waals surface area contributed by atoms with Crippen LogP contribution >= 0.6 is 0 Å². The van der Waals surface area contributed by atoms with Gasteiger partial charge in [0.15, 0.2) is 0 Å².